The zero-order valence-corrected chi connectivity index (χ0v) is 10.3. The molecular formula is C14H12N4O. The van der Waals surface area contributed by atoms with Gasteiger partial charge in [0.25, 0.3) is 5.91 Å². The second kappa shape index (κ2) is 4.20. The van der Waals surface area contributed by atoms with Gasteiger partial charge in [0.15, 0.2) is 5.65 Å². The van der Waals surface area contributed by atoms with E-state index in [0.29, 0.717) is 5.65 Å². The number of hydrogen-bond donors (Lipinski definition) is 2. The van der Waals surface area contributed by atoms with E-state index in [9.17, 15) is 4.79 Å². The van der Waals surface area contributed by atoms with Crippen molar-refractivity contribution in [2.24, 2.45) is 5.73 Å². The van der Waals surface area contributed by atoms with Crippen LogP contribution >= 0.6 is 0 Å². The van der Waals surface area contributed by atoms with Gasteiger partial charge in [0.2, 0.25) is 0 Å². The lowest BCUT2D eigenvalue weighted by Gasteiger charge is -2.06. The molecule has 0 aliphatic carbocycles. The van der Waals surface area contributed by atoms with Crippen LogP contribution in [0.3, 0.4) is 0 Å². The molecule has 5 nitrogen and oxygen atoms in total. The van der Waals surface area contributed by atoms with Crippen molar-refractivity contribution in [3.8, 4) is 11.1 Å². The summed E-state index contributed by atoms with van der Waals surface area (Å²) in [6.07, 6.45) is 1.70. The molecule has 2 aromatic heterocycles. The van der Waals surface area contributed by atoms with Gasteiger partial charge in [0.05, 0.1) is 6.20 Å². The fraction of sp³-hybridized carbons (Fsp3) is 0.0714. The van der Waals surface area contributed by atoms with Gasteiger partial charge in [-0.15, -0.1) is 0 Å². The van der Waals surface area contributed by atoms with E-state index in [4.69, 9.17) is 5.73 Å². The van der Waals surface area contributed by atoms with E-state index in [1.165, 1.54) is 0 Å². The number of benzene rings is 1. The number of rotatable bonds is 2. The van der Waals surface area contributed by atoms with Gasteiger partial charge in [-0.1, -0.05) is 29.8 Å². The Labute approximate surface area is 109 Å². The highest BCUT2D eigenvalue weighted by Crippen LogP contribution is 2.28. The highest BCUT2D eigenvalue weighted by Gasteiger charge is 2.12. The molecule has 1 amide bonds. The second-order valence-electron chi connectivity index (χ2n) is 4.42. The molecule has 0 bridgehead atoms. The molecule has 0 radical (unpaired) electrons. The number of nitrogens with one attached hydrogen (secondary N) is 1. The normalized spacial score (nSPS) is 10.8. The molecule has 3 aromatic rings. The minimum Gasteiger partial charge on any atom is -0.364 e. The molecule has 0 saturated heterocycles. The quantitative estimate of drug-likeness (QED) is 0.731. The number of H-pyrrole nitrogens is 1. The highest BCUT2D eigenvalue weighted by atomic mass is 16.1. The SMILES string of the molecule is Cc1cccc(-c2cc(C(N)=O)nc3[nH]ncc23)c1. The molecule has 0 fully saturated rings. The number of amides is 1. The van der Waals surface area contributed by atoms with Crippen molar-refractivity contribution in [3.63, 3.8) is 0 Å². The van der Waals surface area contributed by atoms with Crippen molar-refractivity contribution in [3.05, 3.63) is 47.8 Å². The molecule has 2 heterocycles. The van der Waals surface area contributed by atoms with E-state index in [1.54, 1.807) is 12.3 Å². The maximum Gasteiger partial charge on any atom is 0.267 e. The number of aryl methyl sites for hydroxylation is 1. The number of pyridine rings is 1. The van der Waals surface area contributed by atoms with Crippen LogP contribution in [0.25, 0.3) is 22.2 Å². The van der Waals surface area contributed by atoms with Gasteiger partial charge in [-0.05, 0) is 24.1 Å². The Morgan fingerprint density at radius 2 is 2.16 bits per heavy atom. The Morgan fingerprint density at radius 3 is 2.89 bits per heavy atom. The van der Waals surface area contributed by atoms with Gasteiger partial charge in [-0.25, -0.2) is 4.98 Å². The minimum absolute atomic E-state index is 0.230. The largest absolute Gasteiger partial charge is 0.364 e. The number of carbonyl (C=O) groups is 1. The number of primary amides is 1. The summed E-state index contributed by atoms with van der Waals surface area (Å²) >= 11 is 0. The fourth-order valence-corrected chi connectivity index (χ4v) is 2.11. The number of carbonyl (C=O) groups excluding carboxylic acids is 1. The summed E-state index contributed by atoms with van der Waals surface area (Å²) < 4.78 is 0. The fourth-order valence-electron chi connectivity index (χ4n) is 2.11. The number of hydrogen-bond acceptors (Lipinski definition) is 3. The molecule has 19 heavy (non-hydrogen) atoms. The number of nitrogens with two attached hydrogens (primary N) is 1. The van der Waals surface area contributed by atoms with E-state index >= 15 is 0 Å². The zero-order chi connectivity index (χ0) is 13.4. The molecule has 3 N–H and O–H groups in total. The predicted octanol–water partition coefficient (Wildman–Crippen LogP) is 2.03. The third kappa shape index (κ3) is 1.95. The third-order valence-corrected chi connectivity index (χ3v) is 3.00. The van der Waals surface area contributed by atoms with Crippen LogP contribution in [0.5, 0.6) is 0 Å². The van der Waals surface area contributed by atoms with Crippen molar-refractivity contribution >= 4 is 16.9 Å². The van der Waals surface area contributed by atoms with Crippen molar-refractivity contribution in [2.45, 2.75) is 6.92 Å². The van der Waals surface area contributed by atoms with Crippen LogP contribution in [0.2, 0.25) is 0 Å². The van der Waals surface area contributed by atoms with Crippen LogP contribution in [0.1, 0.15) is 16.1 Å². The summed E-state index contributed by atoms with van der Waals surface area (Å²) in [7, 11) is 0. The second-order valence-corrected chi connectivity index (χ2v) is 4.42. The summed E-state index contributed by atoms with van der Waals surface area (Å²) in [6.45, 7) is 2.02. The molecule has 0 aliphatic heterocycles. The molecule has 0 atom stereocenters. The van der Waals surface area contributed by atoms with E-state index in [1.807, 2.05) is 31.2 Å². The van der Waals surface area contributed by atoms with Gasteiger partial charge in [0, 0.05) is 5.39 Å². The van der Waals surface area contributed by atoms with Gasteiger partial charge in [-0.2, -0.15) is 5.10 Å². The molecule has 0 spiro atoms. The first-order chi connectivity index (χ1) is 9.15. The lowest BCUT2D eigenvalue weighted by molar-refractivity contribution is 0.0996. The number of aromatic amines is 1. The van der Waals surface area contributed by atoms with Gasteiger partial charge in [0.1, 0.15) is 5.69 Å². The van der Waals surface area contributed by atoms with Crippen molar-refractivity contribution in [1.82, 2.24) is 15.2 Å². The van der Waals surface area contributed by atoms with E-state index in [2.05, 4.69) is 15.2 Å². The summed E-state index contributed by atoms with van der Waals surface area (Å²) in [5, 5.41) is 7.61. The van der Waals surface area contributed by atoms with Crippen LogP contribution in [0.15, 0.2) is 36.5 Å². The molecular weight excluding hydrogens is 240 g/mol. The molecule has 5 heteroatoms. The first-order valence-corrected chi connectivity index (χ1v) is 5.86. The smallest absolute Gasteiger partial charge is 0.267 e. The molecule has 0 saturated carbocycles. The lowest BCUT2D eigenvalue weighted by atomic mass is 10.0. The average molecular weight is 252 g/mol. The predicted molar refractivity (Wildman–Crippen MR) is 72.6 cm³/mol. The Bertz CT molecular complexity index is 776. The van der Waals surface area contributed by atoms with E-state index in [-0.39, 0.29) is 5.69 Å². The Hall–Kier alpha value is -2.69. The Morgan fingerprint density at radius 1 is 1.32 bits per heavy atom. The molecule has 0 aliphatic rings. The Kier molecular flexibility index (Phi) is 2.52. The monoisotopic (exact) mass is 252 g/mol. The van der Waals surface area contributed by atoms with Crippen molar-refractivity contribution in [1.29, 1.82) is 0 Å². The Balaban J connectivity index is 2.32. The summed E-state index contributed by atoms with van der Waals surface area (Å²) in [5.74, 6) is -0.551. The summed E-state index contributed by atoms with van der Waals surface area (Å²) in [6, 6.07) is 9.73. The molecule has 94 valence electrons. The first-order valence-electron chi connectivity index (χ1n) is 5.86. The van der Waals surface area contributed by atoms with Gasteiger partial charge < -0.3 is 5.73 Å². The standard InChI is InChI=1S/C14H12N4O/c1-8-3-2-4-9(5-8)10-6-12(13(15)19)17-14-11(10)7-16-18-14/h2-7H,1H3,(H2,15,19)(H,16,17,18). The molecule has 3 rings (SSSR count). The maximum absolute atomic E-state index is 11.3. The molecule has 0 unspecified atom stereocenters. The van der Waals surface area contributed by atoms with E-state index in [0.717, 1.165) is 22.1 Å². The van der Waals surface area contributed by atoms with Crippen LogP contribution in [-0.2, 0) is 0 Å². The summed E-state index contributed by atoms with van der Waals surface area (Å²) in [4.78, 5) is 15.5. The number of fused-ring (bicyclic) bond motifs is 1. The first kappa shape index (κ1) is 11.4. The number of nitrogens with zero attached hydrogens (tertiary/aromatic N) is 2. The lowest BCUT2D eigenvalue weighted by Crippen LogP contribution is -2.13. The van der Waals surface area contributed by atoms with Crippen LogP contribution in [0, 0.1) is 6.92 Å². The van der Waals surface area contributed by atoms with E-state index < -0.39 is 5.91 Å². The van der Waals surface area contributed by atoms with Crippen LogP contribution in [0.4, 0.5) is 0 Å². The van der Waals surface area contributed by atoms with Crippen molar-refractivity contribution < 1.29 is 4.79 Å². The minimum atomic E-state index is -0.551. The van der Waals surface area contributed by atoms with Gasteiger partial charge in [-0.3, -0.25) is 9.89 Å². The topological polar surface area (TPSA) is 84.7 Å². The third-order valence-electron chi connectivity index (χ3n) is 3.00. The number of aromatic nitrogens is 3. The summed E-state index contributed by atoms with van der Waals surface area (Å²) in [5.41, 5.74) is 9.16. The average Bonchev–Trinajstić information content (AvgIpc) is 2.85. The zero-order valence-electron chi connectivity index (χ0n) is 10.3. The van der Waals surface area contributed by atoms with Crippen molar-refractivity contribution in [2.75, 3.05) is 0 Å². The highest BCUT2D eigenvalue weighted by molar-refractivity contribution is 5.99. The van der Waals surface area contributed by atoms with Gasteiger partial charge >= 0.3 is 0 Å². The molecule has 1 aromatic carbocycles. The van der Waals surface area contributed by atoms with Crippen LogP contribution in [-0.4, -0.2) is 21.1 Å². The van der Waals surface area contributed by atoms with Crippen LogP contribution < -0.4 is 5.73 Å². The maximum atomic E-state index is 11.3.